The Morgan fingerprint density at radius 2 is 1.86 bits per heavy atom. The third-order valence-corrected chi connectivity index (χ3v) is 4.28. The van der Waals surface area contributed by atoms with Crippen molar-refractivity contribution in [2.75, 3.05) is 14.1 Å². The summed E-state index contributed by atoms with van der Waals surface area (Å²) in [5, 5.41) is 0. The molecule has 21 heavy (non-hydrogen) atoms. The molecule has 2 aliphatic rings. The third-order valence-electron chi connectivity index (χ3n) is 3.64. The second-order valence-electron chi connectivity index (χ2n) is 4.97. The number of fused-ring (bicyclic) bond motifs is 1. The van der Waals surface area contributed by atoms with Gasteiger partial charge in [-0.05, 0) is 5.56 Å². The van der Waals surface area contributed by atoms with Crippen LogP contribution in [0.25, 0.3) is 0 Å². The number of rotatable bonds is 2. The summed E-state index contributed by atoms with van der Waals surface area (Å²) in [7, 11) is 3.13. The van der Waals surface area contributed by atoms with Gasteiger partial charge in [0.2, 0.25) is 0 Å². The number of imide groups is 1. The minimum atomic E-state index is -0.657. The van der Waals surface area contributed by atoms with Crippen molar-refractivity contribution in [2.24, 2.45) is 4.99 Å². The molecule has 6 nitrogen and oxygen atoms in total. The van der Waals surface area contributed by atoms with Crippen LogP contribution < -0.4 is 0 Å². The van der Waals surface area contributed by atoms with E-state index in [2.05, 4.69) is 20.9 Å². The molecule has 2 aliphatic heterocycles. The summed E-state index contributed by atoms with van der Waals surface area (Å²) in [5.74, 6) is 0.291. The Kier molecular flexibility index (Phi) is 3.36. The average Bonchev–Trinajstić information content (AvgIpc) is 2.81. The van der Waals surface area contributed by atoms with Crippen molar-refractivity contribution < 1.29 is 14.2 Å². The molecular formula is C14H14BrN4O2+. The van der Waals surface area contributed by atoms with Gasteiger partial charge in [-0.3, -0.25) is 9.69 Å². The zero-order valence-electron chi connectivity index (χ0n) is 11.7. The van der Waals surface area contributed by atoms with E-state index in [1.807, 2.05) is 34.9 Å². The standard InChI is InChI=1S/C14H14BrN4O2/c1-17-11-10(12(20)18(2)14(17)21)16-13(15)19(11)8-9-6-4-3-5-7-9/h3-7,10H,8H2,1-2H3/q+1. The largest absolute Gasteiger partial charge is 0.388 e. The van der Waals surface area contributed by atoms with Crippen molar-refractivity contribution in [1.82, 2.24) is 9.80 Å². The molecule has 0 aromatic heterocycles. The molecule has 0 saturated carbocycles. The zero-order chi connectivity index (χ0) is 15.1. The van der Waals surface area contributed by atoms with Crippen LogP contribution >= 0.6 is 15.9 Å². The molecule has 2 heterocycles. The van der Waals surface area contributed by atoms with Crippen molar-refractivity contribution in [3.8, 4) is 0 Å². The molecular weight excluding hydrogens is 336 g/mol. The van der Waals surface area contributed by atoms with E-state index in [9.17, 15) is 9.59 Å². The molecule has 1 aromatic carbocycles. The van der Waals surface area contributed by atoms with E-state index in [1.165, 1.54) is 11.9 Å². The molecule has 1 aromatic rings. The molecule has 0 bridgehead atoms. The van der Waals surface area contributed by atoms with E-state index < -0.39 is 6.04 Å². The van der Waals surface area contributed by atoms with E-state index in [1.54, 1.807) is 7.05 Å². The van der Waals surface area contributed by atoms with Gasteiger partial charge in [-0.1, -0.05) is 30.3 Å². The van der Waals surface area contributed by atoms with E-state index in [0.717, 1.165) is 10.5 Å². The van der Waals surface area contributed by atoms with E-state index in [4.69, 9.17) is 0 Å². The first-order valence-electron chi connectivity index (χ1n) is 6.47. The number of carbonyl (C=O) groups excluding carboxylic acids is 2. The maximum atomic E-state index is 12.2. The number of aliphatic imine (C=N–C) groups is 1. The van der Waals surface area contributed by atoms with Crippen molar-refractivity contribution in [1.29, 1.82) is 0 Å². The molecule has 1 atom stereocenters. The summed E-state index contributed by atoms with van der Waals surface area (Å²) in [6.45, 7) is 0.547. The summed E-state index contributed by atoms with van der Waals surface area (Å²) < 4.78 is 2.41. The number of hydrogen-bond acceptors (Lipinski definition) is 3. The Morgan fingerprint density at radius 3 is 2.52 bits per heavy atom. The minimum Gasteiger partial charge on any atom is -0.269 e. The third kappa shape index (κ3) is 2.17. The molecule has 108 valence electrons. The van der Waals surface area contributed by atoms with Crippen LogP contribution in [-0.4, -0.2) is 57.0 Å². The van der Waals surface area contributed by atoms with Gasteiger partial charge in [0.1, 0.15) is 0 Å². The Bertz CT molecular complexity index is 683. The molecule has 1 unspecified atom stereocenters. The van der Waals surface area contributed by atoms with Crippen LogP contribution in [0.2, 0.25) is 0 Å². The van der Waals surface area contributed by atoms with Gasteiger partial charge < -0.3 is 0 Å². The highest BCUT2D eigenvalue weighted by Crippen LogP contribution is 2.21. The van der Waals surface area contributed by atoms with Gasteiger partial charge in [-0.25, -0.2) is 14.3 Å². The lowest BCUT2D eigenvalue weighted by atomic mass is 10.2. The average molecular weight is 350 g/mol. The first kappa shape index (κ1) is 13.9. The number of amides is 3. The van der Waals surface area contributed by atoms with Crippen LogP contribution in [0.5, 0.6) is 0 Å². The van der Waals surface area contributed by atoms with Gasteiger partial charge in [-0.15, -0.1) is 4.99 Å². The van der Waals surface area contributed by atoms with Crippen LogP contribution in [-0.2, 0) is 11.3 Å². The molecule has 0 aliphatic carbocycles. The maximum Gasteiger partial charge on any atom is 0.388 e. The smallest absolute Gasteiger partial charge is 0.269 e. The first-order valence-corrected chi connectivity index (χ1v) is 7.27. The number of nitrogens with zero attached hydrogens (tertiary/aromatic N) is 4. The van der Waals surface area contributed by atoms with Gasteiger partial charge in [0.15, 0.2) is 0 Å². The van der Waals surface area contributed by atoms with E-state index in [-0.39, 0.29) is 11.9 Å². The first-order chi connectivity index (χ1) is 10.0. The van der Waals surface area contributed by atoms with Gasteiger partial charge in [0.25, 0.3) is 17.8 Å². The van der Waals surface area contributed by atoms with Crippen LogP contribution in [0.3, 0.4) is 0 Å². The van der Waals surface area contributed by atoms with Crippen molar-refractivity contribution in [3.63, 3.8) is 0 Å². The fourth-order valence-electron chi connectivity index (χ4n) is 2.52. The maximum absolute atomic E-state index is 12.2. The second kappa shape index (κ2) is 5.07. The normalized spacial score (nSPS) is 21.9. The Balaban J connectivity index is 2.04. The Hall–Kier alpha value is -2.02. The van der Waals surface area contributed by atoms with Crippen LogP contribution in [0.4, 0.5) is 4.79 Å². The topological polar surface area (TPSA) is 56.0 Å². The number of halogens is 1. The predicted octanol–water partition coefficient (Wildman–Crippen LogP) is 1.25. The van der Waals surface area contributed by atoms with Gasteiger partial charge >= 0.3 is 10.8 Å². The highest BCUT2D eigenvalue weighted by atomic mass is 79.9. The van der Waals surface area contributed by atoms with Crippen LogP contribution in [0.1, 0.15) is 5.56 Å². The number of carbonyl (C=O) groups is 2. The van der Waals surface area contributed by atoms with E-state index in [0.29, 0.717) is 17.1 Å². The molecule has 3 rings (SSSR count). The van der Waals surface area contributed by atoms with Crippen molar-refractivity contribution in [2.45, 2.75) is 12.6 Å². The molecule has 1 fully saturated rings. The van der Waals surface area contributed by atoms with Crippen LogP contribution in [0, 0.1) is 0 Å². The van der Waals surface area contributed by atoms with Gasteiger partial charge in [0.05, 0.1) is 13.6 Å². The lowest BCUT2D eigenvalue weighted by molar-refractivity contribution is -0.421. The number of benzene rings is 1. The lowest BCUT2D eigenvalue weighted by Gasteiger charge is -2.27. The Labute approximate surface area is 130 Å². The molecule has 0 N–H and O–H groups in total. The second-order valence-corrected chi connectivity index (χ2v) is 5.68. The van der Waals surface area contributed by atoms with Crippen molar-refractivity contribution in [3.05, 3.63) is 35.9 Å². The molecule has 0 spiro atoms. The number of likely N-dealkylation sites (N-methyl/N-ethyl adjacent to an activating group) is 2. The molecule has 7 heteroatoms. The highest BCUT2D eigenvalue weighted by molar-refractivity contribution is 9.18. The summed E-state index contributed by atoms with van der Waals surface area (Å²) in [5.41, 5.74) is 1.07. The van der Waals surface area contributed by atoms with Gasteiger partial charge in [0, 0.05) is 23.0 Å². The lowest BCUT2D eigenvalue weighted by Crippen LogP contribution is -2.59. The van der Waals surface area contributed by atoms with E-state index >= 15 is 0 Å². The Morgan fingerprint density at radius 1 is 1.19 bits per heavy atom. The fourth-order valence-corrected chi connectivity index (χ4v) is 3.03. The summed E-state index contributed by atoms with van der Waals surface area (Å²) in [6.07, 6.45) is 0. The molecule has 0 radical (unpaired) electrons. The van der Waals surface area contributed by atoms with Gasteiger partial charge in [-0.2, -0.15) is 0 Å². The summed E-state index contributed by atoms with van der Waals surface area (Å²) >= 11 is 3.39. The molecule has 3 amide bonds. The SMILES string of the molecule is CN1C(=O)C2N=C(Br)[N+](Cc3ccccc3)=C2N(C)C1=O. The number of hydrogen-bond donors (Lipinski definition) is 0. The predicted molar refractivity (Wildman–Crippen MR) is 81.5 cm³/mol. The quantitative estimate of drug-likeness (QED) is 0.596. The van der Waals surface area contributed by atoms with Crippen LogP contribution in [0.15, 0.2) is 35.3 Å². The summed E-state index contributed by atoms with van der Waals surface area (Å²) in [4.78, 5) is 31.2. The molecule has 1 saturated heterocycles. The fraction of sp³-hybridized carbons (Fsp3) is 0.286. The van der Waals surface area contributed by atoms with Crippen molar-refractivity contribution >= 4 is 38.4 Å². The number of urea groups is 1. The number of amidine groups is 2. The zero-order valence-corrected chi connectivity index (χ0v) is 13.2. The summed E-state index contributed by atoms with van der Waals surface area (Å²) in [6, 6.07) is 8.83. The highest BCUT2D eigenvalue weighted by Gasteiger charge is 2.51. The monoisotopic (exact) mass is 349 g/mol. The minimum absolute atomic E-state index is 0.305.